The van der Waals surface area contributed by atoms with Crippen LogP contribution in [0.5, 0.6) is 0 Å². The first-order valence-corrected chi connectivity index (χ1v) is 52.0. The minimum absolute atomic E-state index is 0. The number of nitrogens with one attached hydrogen (secondary N) is 2. The van der Waals surface area contributed by atoms with E-state index in [0.29, 0.717) is 101 Å². The van der Waals surface area contributed by atoms with E-state index in [4.69, 9.17) is 34.6 Å². The number of thiophene rings is 4. The largest absolute Gasteiger partial charge is 0.444 e. The Morgan fingerprint density at radius 3 is 1.38 bits per heavy atom. The molecule has 137 heavy (non-hydrogen) atoms. The van der Waals surface area contributed by atoms with Crippen molar-refractivity contribution < 1.29 is 78.8 Å². The molecule has 4 aromatic carbocycles. The van der Waals surface area contributed by atoms with E-state index in [0.717, 1.165) is 225 Å². The van der Waals surface area contributed by atoms with Gasteiger partial charge in [0.05, 0.1) is 71.2 Å². The Morgan fingerprint density at radius 2 is 0.920 bits per heavy atom. The molecular formula is C103H127F6N9O11S8. The number of amides is 4. The van der Waals surface area contributed by atoms with Crippen molar-refractivity contribution in [1.82, 2.24) is 29.7 Å². The van der Waals surface area contributed by atoms with E-state index in [9.17, 15) is 55.1 Å². The number of anilines is 2. The van der Waals surface area contributed by atoms with Crippen LogP contribution in [0.25, 0.3) is 83.2 Å². The minimum atomic E-state index is -4.39. The van der Waals surface area contributed by atoms with Crippen LogP contribution < -0.4 is 16.4 Å². The summed E-state index contributed by atoms with van der Waals surface area (Å²) in [7, 11) is 4.99. The first-order chi connectivity index (χ1) is 64.1. The number of hydrogen-bond donors (Lipinski definition) is 3. The Hall–Kier alpha value is -9.04. The number of nitrogens with zero attached hydrogens (tertiary/aromatic N) is 6. The van der Waals surface area contributed by atoms with E-state index in [1.807, 2.05) is 69.2 Å². The molecule has 34 heteroatoms. The van der Waals surface area contributed by atoms with Crippen molar-refractivity contribution in [3.63, 3.8) is 0 Å². The van der Waals surface area contributed by atoms with Crippen LogP contribution in [0, 0.1) is 19.8 Å². The summed E-state index contributed by atoms with van der Waals surface area (Å²) in [5.41, 5.74) is 16.2. The average Bonchev–Trinajstić information content (AvgIpc) is 1.59. The number of benzene rings is 4. The highest BCUT2D eigenvalue weighted by Crippen LogP contribution is 2.53. The fourth-order valence-electron chi connectivity index (χ4n) is 16.6. The Morgan fingerprint density at radius 1 is 0.489 bits per heavy atom. The number of nitrogens with two attached hydrogens (primary N) is 1. The number of ketones is 2. The van der Waals surface area contributed by atoms with Gasteiger partial charge in [-0.3, -0.25) is 19.2 Å². The Kier molecular flexibility index (Phi) is 38.9. The van der Waals surface area contributed by atoms with Gasteiger partial charge in [-0.2, -0.15) is 26.3 Å². The quantitative estimate of drug-likeness (QED) is 0.0259. The summed E-state index contributed by atoms with van der Waals surface area (Å²) in [6, 6.07) is 19.8. The fraction of sp³-hybridized carbons (Fsp3) is 0.476. The molecule has 4 aliphatic rings. The van der Waals surface area contributed by atoms with Gasteiger partial charge in [-0.15, -0.1) is 90.7 Å². The highest BCUT2D eigenvalue weighted by molar-refractivity contribution is 7.24. The van der Waals surface area contributed by atoms with Crippen molar-refractivity contribution in [2.45, 2.75) is 262 Å². The SMILES string of the molecule is C.C.C=CC(=O)Nc1sc2c(c1-c1nc3cc(C)ccc3s1)CC(C)N(C(=O)OC(C)(C)C)C2.C=CC(=O)Nc1sc2c(c1-c1nc3cc(C)ccc3s1)CCN(C(=O)OC(C)(C)C)C2C.COCCCCCC(=O)Cc1sc2c(c1-c1nc3cc(C(F)(F)F)ccc3s1)CC(C)CC2.COCCCCCC(=O)Cc1sc2c(c1-c1nc3cc(C(F)(F)F)ccc3s1)CCCC2C.COCCN. The van der Waals surface area contributed by atoms with Crippen LogP contribution in [0.4, 0.5) is 45.9 Å². The number of Topliss-reactive ketones (excluding diaryl/α,β-unsaturated/α-hetero) is 2. The second kappa shape index (κ2) is 48.4. The van der Waals surface area contributed by atoms with Crippen LogP contribution in [-0.4, -0.2) is 137 Å². The van der Waals surface area contributed by atoms with Crippen LogP contribution in [0.2, 0.25) is 0 Å². The third-order valence-electron chi connectivity index (χ3n) is 23.2. The number of carbonyl (C=O) groups is 6. The van der Waals surface area contributed by atoms with Crippen molar-refractivity contribution in [2.75, 3.05) is 64.9 Å². The zero-order valence-corrected chi connectivity index (χ0v) is 85.6. The van der Waals surface area contributed by atoms with Crippen molar-refractivity contribution >= 4 is 177 Å². The lowest BCUT2D eigenvalue weighted by molar-refractivity contribution is -0.138. The van der Waals surface area contributed by atoms with Gasteiger partial charge in [0.25, 0.3) is 0 Å². The van der Waals surface area contributed by atoms with E-state index in [-0.39, 0.29) is 62.5 Å². The number of ether oxygens (including phenoxy) is 5. The molecule has 8 aromatic heterocycles. The standard InChI is InChI=1S/2C25H28F3NO2S2.2C24H27N3O3S2.C3H9NO.2CH4/c1-15-7-6-9-18-22(21(32-23(15)18)14-17(30)8-4-3-5-12-31-2)24-29-19-13-16(25(26,27)28)10-11-20(19)33-24;1-15-7-9-20-18(12-15)23(22(32-20)14-17(30)6-4-3-5-11-31-2)24-29-19-13-16(25(26,27)28)8-10-21(19)33-24;1-7-19(28)26-22-20(21-25-16-10-13(2)8-9-17(16)31-21)15-11-14(3)27(12-18(15)32-22)23(29)30-24(4,5)6;1-7-18(28)26-22-19(21-25-16-12-13(2)8-9-17(16)31-21)15-10-11-27(14(3)20(15)32-22)23(29)30-24(4,5)6;1-5-3-2-4;;/h10-11,13,15H,3-9,12,14H2,1-2H3;8,10,13,15H,3-7,9,11-12,14H2,1-2H3;7-10,14H,1,11-12H2,2-6H3,(H,26,28);7-9,12,14H,1,10-11H2,2-6H3,(H,26,28);2-4H2,1H3;2*1H4. The second-order valence-corrected chi connectivity index (χ2v) is 45.0. The van der Waals surface area contributed by atoms with Gasteiger partial charge < -0.3 is 49.9 Å². The fourth-order valence-corrected chi connectivity index (χ4v) is 26.4. The molecule has 740 valence electrons. The van der Waals surface area contributed by atoms with Crippen LogP contribution >= 0.6 is 90.7 Å². The average molecular weight is 2040 g/mol. The Labute approximate surface area is 831 Å². The second-order valence-electron chi connectivity index (χ2n) is 36.4. The zero-order chi connectivity index (χ0) is 97.7. The van der Waals surface area contributed by atoms with Crippen molar-refractivity contribution in [3.05, 3.63) is 172 Å². The highest BCUT2D eigenvalue weighted by Gasteiger charge is 2.40. The molecule has 0 spiro atoms. The molecule has 16 rings (SSSR count). The number of aromatic nitrogens is 4. The van der Waals surface area contributed by atoms with E-state index < -0.39 is 34.7 Å². The van der Waals surface area contributed by atoms with E-state index in [1.54, 1.807) is 76.5 Å². The lowest BCUT2D eigenvalue weighted by Gasteiger charge is -2.35. The highest BCUT2D eigenvalue weighted by atomic mass is 32.1. The number of halogens is 6. The monoisotopic (exact) mass is 2040 g/mol. The molecule has 2 aliphatic heterocycles. The maximum atomic E-state index is 13.2. The number of unbranched alkanes of at least 4 members (excludes halogenated alkanes) is 4. The summed E-state index contributed by atoms with van der Waals surface area (Å²) >= 11 is 12.5. The molecule has 0 saturated heterocycles. The van der Waals surface area contributed by atoms with Gasteiger partial charge in [0.15, 0.2) is 0 Å². The molecule has 0 fully saturated rings. The number of rotatable bonds is 26. The van der Waals surface area contributed by atoms with Gasteiger partial charge in [0, 0.05) is 131 Å². The maximum Gasteiger partial charge on any atom is 0.416 e. The number of fused-ring (bicyclic) bond motifs is 8. The van der Waals surface area contributed by atoms with E-state index in [1.165, 1.54) is 90.5 Å². The molecule has 4 amide bonds. The van der Waals surface area contributed by atoms with Gasteiger partial charge in [-0.1, -0.05) is 66.8 Å². The van der Waals surface area contributed by atoms with E-state index in [2.05, 4.69) is 88.7 Å². The topological polar surface area (TPSA) is 257 Å². The molecule has 0 radical (unpaired) electrons. The number of hydrogen-bond acceptors (Lipinski definition) is 24. The summed E-state index contributed by atoms with van der Waals surface area (Å²) in [5.74, 6) is 0.862. The summed E-state index contributed by atoms with van der Waals surface area (Å²) in [5, 5.41) is 10.6. The lowest BCUT2D eigenvalue weighted by Crippen LogP contribution is -2.44. The first-order valence-electron chi connectivity index (χ1n) is 45.4. The van der Waals surface area contributed by atoms with Crippen LogP contribution in [0.15, 0.2) is 98.1 Å². The number of alkyl halides is 6. The summed E-state index contributed by atoms with van der Waals surface area (Å²) in [4.78, 5) is 105. The predicted molar refractivity (Wildman–Crippen MR) is 554 cm³/mol. The summed E-state index contributed by atoms with van der Waals surface area (Å²) in [6.07, 6.45) is 7.93. The van der Waals surface area contributed by atoms with Gasteiger partial charge in [-0.05, 0) is 264 Å². The van der Waals surface area contributed by atoms with Crippen LogP contribution in [-0.2, 0) is 107 Å². The smallest absolute Gasteiger partial charge is 0.416 e. The molecule has 12 aromatic rings. The van der Waals surface area contributed by atoms with Crippen molar-refractivity contribution in [1.29, 1.82) is 0 Å². The Bertz CT molecular complexity index is 6230. The number of thiazole rings is 4. The molecule has 10 heterocycles. The van der Waals surface area contributed by atoms with Gasteiger partial charge in [0.2, 0.25) is 11.8 Å². The van der Waals surface area contributed by atoms with Crippen molar-refractivity contribution in [2.24, 2.45) is 11.7 Å². The number of carbonyl (C=O) groups excluding carboxylic acids is 6. The van der Waals surface area contributed by atoms with Gasteiger partial charge in [-0.25, -0.2) is 29.5 Å². The molecular weight excluding hydrogens is 1910 g/mol. The third kappa shape index (κ3) is 28.2. The van der Waals surface area contributed by atoms with Crippen molar-refractivity contribution in [3.8, 4) is 42.3 Å². The lowest BCUT2D eigenvalue weighted by atomic mass is 9.87. The molecule has 0 bridgehead atoms. The molecule has 4 atom stereocenters. The maximum absolute atomic E-state index is 13.2. The molecule has 2 aliphatic carbocycles. The molecule has 4 N–H and O–H groups in total. The van der Waals surface area contributed by atoms with Gasteiger partial charge >= 0.3 is 24.5 Å². The molecule has 20 nitrogen and oxygen atoms in total. The number of aryl methyl sites for hydroxylation is 3. The van der Waals surface area contributed by atoms with Crippen LogP contribution in [0.1, 0.15) is 240 Å². The van der Waals surface area contributed by atoms with Crippen LogP contribution in [0.3, 0.4) is 0 Å². The normalized spacial score (nSPS) is 15.7. The molecule has 4 unspecified atom stereocenters. The molecule has 0 saturated carbocycles. The predicted octanol–water partition coefficient (Wildman–Crippen LogP) is 28.6. The summed E-state index contributed by atoms with van der Waals surface area (Å²) in [6.45, 7) is 34.6. The Balaban J connectivity index is 0.000000184. The minimum Gasteiger partial charge on any atom is -0.444 e. The van der Waals surface area contributed by atoms with Gasteiger partial charge in [0.1, 0.15) is 52.8 Å². The first kappa shape index (κ1) is 110. The van der Waals surface area contributed by atoms with E-state index >= 15 is 0 Å². The third-order valence-corrected chi connectivity index (χ3v) is 32.7. The summed E-state index contributed by atoms with van der Waals surface area (Å²) < 4.78 is 109. The number of methoxy groups -OCH3 is 3. The zero-order valence-electron chi connectivity index (χ0n) is 79.1.